The minimum Gasteiger partial charge on any atom is -0.340 e. The number of halogens is 4. The fourth-order valence-electron chi connectivity index (χ4n) is 4.47. The lowest BCUT2D eigenvalue weighted by molar-refractivity contribution is -0.139. The third-order valence-electron chi connectivity index (χ3n) is 6.29. The van der Waals surface area contributed by atoms with Crippen LogP contribution in [0.4, 0.5) is 17.6 Å². The van der Waals surface area contributed by atoms with Crippen molar-refractivity contribution in [1.29, 1.82) is 0 Å². The largest absolute Gasteiger partial charge is 0.416 e. The van der Waals surface area contributed by atoms with Gasteiger partial charge >= 0.3 is 6.18 Å². The van der Waals surface area contributed by atoms with E-state index in [4.69, 9.17) is 0 Å². The van der Waals surface area contributed by atoms with E-state index in [0.717, 1.165) is 23.3 Å². The predicted molar refractivity (Wildman–Crippen MR) is 113 cm³/mol. The van der Waals surface area contributed by atoms with Gasteiger partial charge in [0, 0.05) is 26.1 Å². The SMILES string of the molecule is Cc1cc(C(F)(F)F)cc(C(C)(C)C(=O)N(C)[C@@H]2CNC[C@H]2c2ccc(F)cc2C)c1. The van der Waals surface area contributed by atoms with Gasteiger partial charge in [0.05, 0.1) is 17.0 Å². The zero-order valence-corrected chi connectivity index (χ0v) is 18.4. The second kappa shape index (κ2) is 8.26. The number of hydrogen-bond donors (Lipinski definition) is 1. The first-order valence-electron chi connectivity index (χ1n) is 10.3. The standard InChI is InChI=1S/C24H28F4N2O/c1-14-8-16(11-17(9-14)24(26,27)28)23(3,4)22(31)30(5)21-13-29-12-20(21)19-7-6-18(25)10-15(19)2/h6-11,20-21,29H,12-13H2,1-5H3/t20-,21+/m0/s1. The summed E-state index contributed by atoms with van der Waals surface area (Å²) in [6.45, 7) is 7.93. The van der Waals surface area contributed by atoms with Crippen LogP contribution >= 0.6 is 0 Å². The van der Waals surface area contributed by atoms with Gasteiger partial charge in [-0.3, -0.25) is 4.79 Å². The van der Waals surface area contributed by atoms with E-state index >= 15 is 0 Å². The molecule has 1 N–H and O–H groups in total. The van der Waals surface area contributed by atoms with Crippen molar-refractivity contribution >= 4 is 5.91 Å². The van der Waals surface area contributed by atoms with Crippen molar-refractivity contribution < 1.29 is 22.4 Å². The molecule has 7 heteroatoms. The highest BCUT2D eigenvalue weighted by Gasteiger charge is 2.41. The molecular formula is C24H28F4N2O. The van der Waals surface area contributed by atoms with Crippen molar-refractivity contribution in [2.45, 2.75) is 51.2 Å². The summed E-state index contributed by atoms with van der Waals surface area (Å²) in [4.78, 5) is 15.1. The molecule has 2 aromatic carbocycles. The minimum absolute atomic E-state index is 0.0337. The van der Waals surface area contributed by atoms with Crippen LogP contribution in [0.1, 0.15) is 47.6 Å². The van der Waals surface area contributed by atoms with Gasteiger partial charge in [0.15, 0.2) is 0 Å². The number of alkyl halides is 3. The average Bonchev–Trinajstić information content (AvgIpc) is 3.15. The molecule has 3 rings (SSSR count). The van der Waals surface area contributed by atoms with Crippen LogP contribution in [0.15, 0.2) is 36.4 Å². The summed E-state index contributed by atoms with van der Waals surface area (Å²) in [6, 6.07) is 8.22. The summed E-state index contributed by atoms with van der Waals surface area (Å²) in [5.74, 6) is -0.604. The number of rotatable bonds is 4. The molecule has 0 aromatic heterocycles. The Labute approximate surface area is 180 Å². The zero-order chi connectivity index (χ0) is 23.1. The Morgan fingerprint density at radius 2 is 1.68 bits per heavy atom. The molecule has 0 unspecified atom stereocenters. The third kappa shape index (κ3) is 4.61. The van der Waals surface area contributed by atoms with E-state index in [1.54, 1.807) is 44.9 Å². The van der Waals surface area contributed by atoms with Crippen molar-refractivity contribution in [2.75, 3.05) is 20.1 Å². The van der Waals surface area contributed by atoms with Crippen molar-refractivity contribution in [3.05, 3.63) is 70.0 Å². The molecule has 1 fully saturated rings. The first kappa shape index (κ1) is 23.3. The predicted octanol–water partition coefficient (Wildman–Crippen LogP) is 4.95. The first-order chi connectivity index (χ1) is 14.3. The van der Waals surface area contributed by atoms with Gasteiger partial charge in [0.2, 0.25) is 5.91 Å². The number of benzene rings is 2. The van der Waals surface area contributed by atoms with E-state index < -0.39 is 17.2 Å². The fourth-order valence-corrected chi connectivity index (χ4v) is 4.47. The molecule has 1 saturated heterocycles. The molecule has 31 heavy (non-hydrogen) atoms. The second-order valence-electron chi connectivity index (χ2n) is 8.96. The molecule has 168 valence electrons. The lowest BCUT2D eigenvalue weighted by Crippen LogP contribution is -2.49. The monoisotopic (exact) mass is 436 g/mol. The van der Waals surface area contributed by atoms with Crippen molar-refractivity contribution in [2.24, 2.45) is 0 Å². The topological polar surface area (TPSA) is 32.3 Å². The van der Waals surface area contributed by atoms with Gasteiger partial charge in [-0.05, 0) is 68.7 Å². The summed E-state index contributed by atoms with van der Waals surface area (Å²) in [7, 11) is 1.69. The molecule has 2 aromatic rings. The summed E-state index contributed by atoms with van der Waals surface area (Å²) in [5, 5.41) is 3.29. The van der Waals surface area contributed by atoms with Crippen molar-refractivity contribution in [3.8, 4) is 0 Å². The van der Waals surface area contributed by atoms with Gasteiger partial charge in [0.25, 0.3) is 0 Å². The van der Waals surface area contributed by atoms with Gasteiger partial charge < -0.3 is 10.2 Å². The first-order valence-corrected chi connectivity index (χ1v) is 10.3. The number of amides is 1. The Bertz CT molecular complexity index is 984. The van der Waals surface area contributed by atoms with E-state index in [9.17, 15) is 22.4 Å². The van der Waals surface area contributed by atoms with Crippen LogP contribution in [0, 0.1) is 19.7 Å². The molecule has 0 aliphatic carbocycles. The van der Waals surface area contributed by atoms with E-state index in [2.05, 4.69) is 5.32 Å². The molecule has 3 nitrogen and oxygen atoms in total. The third-order valence-corrected chi connectivity index (χ3v) is 6.29. The average molecular weight is 436 g/mol. The number of nitrogens with zero attached hydrogens (tertiary/aromatic N) is 1. The number of carbonyl (C=O) groups excluding carboxylic acids is 1. The summed E-state index contributed by atoms with van der Waals surface area (Å²) < 4.78 is 53.5. The smallest absolute Gasteiger partial charge is 0.340 e. The number of likely N-dealkylation sites (N-methyl/N-ethyl adjacent to an activating group) is 1. The van der Waals surface area contributed by atoms with E-state index in [1.165, 1.54) is 12.1 Å². The maximum Gasteiger partial charge on any atom is 0.416 e. The van der Waals surface area contributed by atoms with Gasteiger partial charge in [0.1, 0.15) is 5.82 Å². The molecule has 1 aliphatic rings. The molecule has 1 heterocycles. The highest BCUT2D eigenvalue weighted by Crippen LogP contribution is 2.36. The van der Waals surface area contributed by atoms with E-state index in [-0.39, 0.29) is 23.7 Å². The summed E-state index contributed by atoms with van der Waals surface area (Å²) >= 11 is 0. The van der Waals surface area contributed by atoms with Gasteiger partial charge in [-0.15, -0.1) is 0 Å². The van der Waals surface area contributed by atoms with Crippen LogP contribution in [-0.4, -0.2) is 37.0 Å². The number of nitrogens with one attached hydrogen (secondary N) is 1. The number of carbonyl (C=O) groups is 1. The van der Waals surface area contributed by atoms with Crippen LogP contribution < -0.4 is 5.32 Å². The maximum atomic E-state index is 13.6. The Morgan fingerprint density at radius 3 is 2.29 bits per heavy atom. The van der Waals surface area contributed by atoms with Crippen LogP contribution in [-0.2, 0) is 16.4 Å². The Hall–Kier alpha value is -2.41. The van der Waals surface area contributed by atoms with Crippen LogP contribution in [0.25, 0.3) is 0 Å². The van der Waals surface area contributed by atoms with Crippen LogP contribution in [0.5, 0.6) is 0 Å². The van der Waals surface area contributed by atoms with Crippen LogP contribution in [0.3, 0.4) is 0 Å². The van der Waals surface area contributed by atoms with E-state index in [0.29, 0.717) is 24.2 Å². The second-order valence-corrected chi connectivity index (χ2v) is 8.96. The minimum atomic E-state index is -4.48. The molecular weight excluding hydrogens is 408 g/mol. The molecule has 0 radical (unpaired) electrons. The van der Waals surface area contributed by atoms with Crippen LogP contribution in [0.2, 0.25) is 0 Å². The normalized spacial score (nSPS) is 19.5. The summed E-state index contributed by atoms with van der Waals surface area (Å²) in [5.41, 5.74) is 0.656. The molecule has 0 bridgehead atoms. The maximum absolute atomic E-state index is 13.6. The lowest BCUT2D eigenvalue weighted by Gasteiger charge is -2.36. The molecule has 1 amide bonds. The molecule has 2 atom stereocenters. The highest BCUT2D eigenvalue weighted by molar-refractivity contribution is 5.87. The fraction of sp³-hybridized carbons (Fsp3) is 0.458. The lowest BCUT2D eigenvalue weighted by atomic mass is 9.80. The molecule has 0 spiro atoms. The highest BCUT2D eigenvalue weighted by atomic mass is 19.4. The van der Waals surface area contributed by atoms with E-state index in [1.807, 2.05) is 6.92 Å². The van der Waals surface area contributed by atoms with Crippen molar-refractivity contribution in [3.63, 3.8) is 0 Å². The van der Waals surface area contributed by atoms with Gasteiger partial charge in [-0.1, -0.05) is 17.7 Å². The Balaban J connectivity index is 1.91. The Kier molecular flexibility index (Phi) is 6.20. The Morgan fingerprint density at radius 1 is 1.03 bits per heavy atom. The summed E-state index contributed by atoms with van der Waals surface area (Å²) in [6.07, 6.45) is -4.48. The van der Waals surface area contributed by atoms with Crippen molar-refractivity contribution in [1.82, 2.24) is 10.2 Å². The van der Waals surface area contributed by atoms with Gasteiger partial charge in [-0.25, -0.2) is 4.39 Å². The quantitative estimate of drug-likeness (QED) is 0.688. The molecule has 1 aliphatic heterocycles. The number of aryl methyl sites for hydroxylation is 2. The van der Waals surface area contributed by atoms with Gasteiger partial charge in [-0.2, -0.15) is 13.2 Å². The number of hydrogen-bond acceptors (Lipinski definition) is 2. The molecule has 0 saturated carbocycles. The zero-order valence-electron chi connectivity index (χ0n) is 18.4.